The Hall–Kier alpha value is -2.76. The summed E-state index contributed by atoms with van der Waals surface area (Å²) in [6, 6.07) is 10.3. The van der Waals surface area contributed by atoms with E-state index in [0.717, 1.165) is 0 Å². The first kappa shape index (κ1) is 15.1. The second-order valence-electron chi connectivity index (χ2n) is 5.28. The number of aromatic amines is 1. The van der Waals surface area contributed by atoms with E-state index in [1.165, 1.54) is 6.07 Å². The number of ether oxygens (including phenoxy) is 2. The van der Waals surface area contributed by atoms with Gasteiger partial charge in [-0.1, -0.05) is 19.1 Å². The summed E-state index contributed by atoms with van der Waals surface area (Å²) in [6.07, 6.45) is 0.330. The van der Waals surface area contributed by atoms with E-state index in [2.05, 4.69) is 10.3 Å². The molecule has 2 N–H and O–H groups in total. The molecule has 23 heavy (non-hydrogen) atoms. The number of carbonyl (C=O) groups is 1. The molecule has 1 aromatic carbocycles. The van der Waals surface area contributed by atoms with Gasteiger partial charge >= 0.3 is 0 Å². The van der Waals surface area contributed by atoms with Crippen LogP contribution < -0.4 is 20.3 Å². The predicted octanol–water partition coefficient (Wildman–Crippen LogP) is 1.51. The van der Waals surface area contributed by atoms with Crippen molar-refractivity contribution in [3.63, 3.8) is 0 Å². The summed E-state index contributed by atoms with van der Waals surface area (Å²) in [5.41, 5.74) is 0.893. The maximum absolute atomic E-state index is 12.3. The molecule has 0 bridgehead atoms. The molecule has 1 amide bonds. The summed E-state index contributed by atoms with van der Waals surface area (Å²) >= 11 is 0. The van der Waals surface area contributed by atoms with Crippen molar-refractivity contribution in [1.29, 1.82) is 0 Å². The summed E-state index contributed by atoms with van der Waals surface area (Å²) in [5.74, 6) is 1.15. The van der Waals surface area contributed by atoms with Crippen molar-refractivity contribution < 1.29 is 14.3 Å². The van der Waals surface area contributed by atoms with Gasteiger partial charge in [-0.2, -0.15) is 0 Å². The highest BCUT2D eigenvalue weighted by atomic mass is 16.6. The Labute approximate surface area is 133 Å². The van der Waals surface area contributed by atoms with Crippen molar-refractivity contribution in [2.24, 2.45) is 0 Å². The molecule has 6 heteroatoms. The number of aryl methyl sites for hydroxylation is 1. The number of nitrogens with one attached hydrogen (secondary N) is 2. The molecular formula is C17H18N2O4. The lowest BCUT2D eigenvalue weighted by atomic mass is 10.1. The molecule has 6 nitrogen and oxygen atoms in total. The number of aromatic nitrogens is 1. The molecule has 1 aromatic heterocycles. The number of benzene rings is 1. The molecule has 1 unspecified atom stereocenters. The van der Waals surface area contributed by atoms with Gasteiger partial charge in [-0.25, -0.2) is 0 Å². The number of amides is 1. The third kappa shape index (κ3) is 3.36. The quantitative estimate of drug-likeness (QED) is 0.896. The second-order valence-corrected chi connectivity index (χ2v) is 5.28. The Bertz CT molecular complexity index is 769. The van der Waals surface area contributed by atoms with Crippen LogP contribution in [-0.4, -0.2) is 30.1 Å². The fourth-order valence-electron chi connectivity index (χ4n) is 2.47. The van der Waals surface area contributed by atoms with Crippen molar-refractivity contribution in [3.05, 3.63) is 58.0 Å². The summed E-state index contributed by atoms with van der Waals surface area (Å²) in [7, 11) is 0. The van der Waals surface area contributed by atoms with Gasteiger partial charge in [0.1, 0.15) is 12.7 Å². The first-order valence-electron chi connectivity index (χ1n) is 7.56. The zero-order valence-electron chi connectivity index (χ0n) is 12.8. The molecule has 3 rings (SSSR count). The minimum Gasteiger partial charge on any atom is -0.486 e. The fraction of sp³-hybridized carbons (Fsp3) is 0.294. The SMILES string of the molecule is CCc1[nH]c(=O)ccc1C(=O)NCC1COc2ccccc2O1. The van der Waals surface area contributed by atoms with Crippen LogP contribution in [0.3, 0.4) is 0 Å². The fourth-order valence-corrected chi connectivity index (χ4v) is 2.47. The Kier molecular flexibility index (Phi) is 4.32. The molecule has 1 aliphatic rings. The predicted molar refractivity (Wildman–Crippen MR) is 85.1 cm³/mol. The molecule has 0 fully saturated rings. The minimum absolute atomic E-state index is 0.209. The molecule has 0 saturated carbocycles. The maximum Gasteiger partial charge on any atom is 0.253 e. The van der Waals surface area contributed by atoms with Gasteiger partial charge in [0.05, 0.1) is 12.1 Å². The number of H-pyrrole nitrogens is 1. The summed E-state index contributed by atoms with van der Waals surface area (Å²) < 4.78 is 11.4. The molecule has 120 valence electrons. The van der Waals surface area contributed by atoms with E-state index in [0.29, 0.717) is 42.3 Å². The van der Waals surface area contributed by atoms with E-state index in [4.69, 9.17) is 9.47 Å². The van der Waals surface area contributed by atoms with E-state index in [-0.39, 0.29) is 17.6 Å². The van der Waals surface area contributed by atoms with Crippen LogP contribution in [-0.2, 0) is 6.42 Å². The molecule has 0 spiro atoms. The number of hydrogen-bond donors (Lipinski definition) is 2. The second kappa shape index (κ2) is 6.56. The van der Waals surface area contributed by atoms with Gasteiger partial charge in [-0.15, -0.1) is 0 Å². The van der Waals surface area contributed by atoms with E-state index in [1.807, 2.05) is 31.2 Å². The van der Waals surface area contributed by atoms with Crippen LogP contribution in [0.2, 0.25) is 0 Å². The molecule has 0 radical (unpaired) electrons. The average molecular weight is 314 g/mol. The molecule has 0 saturated heterocycles. The van der Waals surface area contributed by atoms with Crippen LogP contribution in [0.1, 0.15) is 23.0 Å². The highest BCUT2D eigenvalue weighted by Crippen LogP contribution is 2.30. The third-order valence-electron chi connectivity index (χ3n) is 3.66. The first-order chi connectivity index (χ1) is 11.2. The Morgan fingerprint density at radius 2 is 2.04 bits per heavy atom. The lowest BCUT2D eigenvalue weighted by molar-refractivity contribution is 0.0788. The Morgan fingerprint density at radius 1 is 1.26 bits per heavy atom. The molecule has 2 aromatic rings. The number of hydrogen-bond acceptors (Lipinski definition) is 4. The van der Waals surface area contributed by atoms with Gasteiger partial charge in [0.2, 0.25) is 5.56 Å². The minimum atomic E-state index is -0.248. The van der Waals surface area contributed by atoms with Gasteiger partial charge in [-0.3, -0.25) is 9.59 Å². The smallest absolute Gasteiger partial charge is 0.253 e. The average Bonchev–Trinajstić information content (AvgIpc) is 2.59. The van der Waals surface area contributed by atoms with Crippen LogP contribution in [0.5, 0.6) is 11.5 Å². The van der Waals surface area contributed by atoms with Gasteiger partial charge in [0, 0.05) is 11.8 Å². The number of para-hydroxylation sites is 2. The molecule has 1 atom stereocenters. The standard InChI is InChI=1S/C17H18N2O4/c1-2-13-12(7-8-16(20)19-13)17(21)18-9-11-10-22-14-5-3-4-6-15(14)23-11/h3-8,11H,2,9-10H2,1H3,(H,18,21)(H,19,20). The van der Waals surface area contributed by atoms with Crippen molar-refractivity contribution in [3.8, 4) is 11.5 Å². The lowest BCUT2D eigenvalue weighted by Gasteiger charge is -2.26. The number of rotatable bonds is 4. The summed E-state index contributed by atoms with van der Waals surface area (Å²) in [6.45, 7) is 2.59. The molecule has 1 aliphatic heterocycles. The third-order valence-corrected chi connectivity index (χ3v) is 3.66. The van der Waals surface area contributed by atoms with Gasteiger partial charge in [0.15, 0.2) is 11.5 Å². The zero-order valence-corrected chi connectivity index (χ0v) is 12.8. The van der Waals surface area contributed by atoms with E-state index in [1.54, 1.807) is 6.07 Å². The van der Waals surface area contributed by atoms with Crippen molar-refractivity contribution in [1.82, 2.24) is 10.3 Å². The van der Waals surface area contributed by atoms with Gasteiger partial charge in [0.25, 0.3) is 5.91 Å². The largest absolute Gasteiger partial charge is 0.486 e. The Balaban J connectivity index is 1.63. The monoisotopic (exact) mass is 314 g/mol. The molecule has 0 aliphatic carbocycles. The number of carbonyl (C=O) groups excluding carboxylic acids is 1. The van der Waals surface area contributed by atoms with E-state index >= 15 is 0 Å². The highest BCUT2D eigenvalue weighted by Gasteiger charge is 2.21. The van der Waals surface area contributed by atoms with E-state index < -0.39 is 0 Å². The van der Waals surface area contributed by atoms with Crippen molar-refractivity contribution in [2.75, 3.05) is 13.2 Å². The van der Waals surface area contributed by atoms with Crippen LogP contribution in [0.15, 0.2) is 41.2 Å². The summed E-state index contributed by atoms with van der Waals surface area (Å²) in [4.78, 5) is 26.3. The highest BCUT2D eigenvalue weighted by molar-refractivity contribution is 5.95. The maximum atomic E-state index is 12.3. The number of pyridine rings is 1. The summed E-state index contributed by atoms with van der Waals surface area (Å²) in [5, 5.41) is 2.83. The first-order valence-corrected chi connectivity index (χ1v) is 7.56. The van der Waals surface area contributed by atoms with E-state index in [9.17, 15) is 9.59 Å². The van der Waals surface area contributed by atoms with Crippen LogP contribution in [0.25, 0.3) is 0 Å². The molecular weight excluding hydrogens is 296 g/mol. The normalized spacial score (nSPS) is 16.0. The zero-order chi connectivity index (χ0) is 16.2. The van der Waals surface area contributed by atoms with Crippen molar-refractivity contribution in [2.45, 2.75) is 19.4 Å². The van der Waals surface area contributed by atoms with Gasteiger partial charge in [-0.05, 0) is 24.6 Å². The van der Waals surface area contributed by atoms with Crippen LogP contribution in [0.4, 0.5) is 0 Å². The topological polar surface area (TPSA) is 80.4 Å². The van der Waals surface area contributed by atoms with Crippen LogP contribution in [0, 0.1) is 0 Å². The van der Waals surface area contributed by atoms with Gasteiger partial charge < -0.3 is 19.8 Å². The Morgan fingerprint density at radius 3 is 2.83 bits per heavy atom. The number of fused-ring (bicyclic) bond motifs is 1. The van der Waals surface area contributed by atoms with Crippen molar-refractivity contribution >= 4 is 5.91 Å². The molecule has 2 heterocycles. The lowest BCUT2D eigenvalue weighted by Crippen LogP contribution is -2.41. The van der Waals surface area contributed by atoms with Crippen LogP contribution >= 0.6 is 0 Å².